The Kier molecular flexibility index (Phi) is 7.52. The van der Waals surface area contributed by atoms with Crippen molar-refractivity contribution in [2.24, 2.45) is 0 Å². The van der Waals surface area contributed by atoms with Crippen LogP contribution in [0.15, 0.2) is 217 Å². The number of anilines is 3. The molecule has 2 nitrogen and oxygen atoms in total. The van der Waals surface area contributed by atoms with Gasteiger partial charge in [-0.2, -0.15) is 0 Å². The van der Waals surface area contributed by atoms with Crippen molar-refractivity contribution in [3.63, 3.8) is 0 Å². The van der Waals surface area contributed by atoms with Crippen molar-refractivity contribution in [1.29, 1.82) is 0 Å². The molecule has 10 aromatic rings. The molecule has 0 atom stereocenters. The summed E-state index contributed by atoms with van der Waals surface area (Å²) in [5.74, 6) is 0. The van der Waals surface area contributed by atoms with Crippen molar-refractivity contribution < 1.29 is 4.42 Å². The fourth-order valence-electron chi connectivity index (χ4n) is 10.6. The van der Waals surface area contributed by atoms with E-state index in [1.807, 2.05) is 0 Å². The third-order valence-electron chi connectivity index (χ3n) is 13.4. The van der Waals surface area contributed by atoms with Crippen LogP contribution in [0.5, 0.6) is 0 Å². The van der Waals surface area contributed by atoms with Crippen LogP contribution in [0.4, 0.5) is 17.1 Å². The highest BCUT2D eigenvalue weighted by molar-refractivity contribution is 6.11. The highest BCUT2D eigenvalue weighted by atomic mass is 16.3. The summed E-state index contributed by atoms with van der Waals surface area (Å²) in [5, 5.41) is 2.19. The standard InChI is InChI=1S/C58H41NO/c1-57(2)50-24-12-9-20-44(50)47-35-33-43(37-53(47)57)59(42-31-28-39(29-32-42)38-16-5-3-6-17-38)54-27-15-23-49-48-34-30-41(36-55(48)60-56(49)54)58(40-18-7-4-8-19-40)51-25-13-10-21-45(51)46-22-11-14-26-52(46)58/h3-37H,1-2H3. The van der Waals surface area contributed by atoms with Crippen molar-refractivity contribution >= 4 is 39.0 Å². The summed E-state index contributed by atoms with van der Waals surface area (Å²) >= 11 is 0. The summed E-state index contributed by atoms with van der Waals surface area (Å²) in [6.45, 7) is 4.70. The first-order valence-electron chi connectivity index (χ1n) is 20.9. The smallest absolute Gasteiger partial charge is 0.159 e. The van der Waals surface area contributed by atoms with Gasteiger partial charge in [0.1, 0.15) is 5.58 Å². The minimum Gasteiger partial charge on any atom is -0.454 e. The van der Waals surface area contributed by atoms with Crippen LogP contribution in [0.1, 0.15) is 47.2 Å². The molecular weight excluding hydrogens is 727 g/mol. The molecule has 1 heterocycles. The molecule has 0 radical (unpaired) electrons. The van der Waals surface area contributed by atoms with Gasteiger partial charge in [-0.3, -0.25) is 0 Å². The van der Waals surface area contributed by atoms with Crippen molar-refractivity contribution in [2.45, 2.75) is 24.7 Å². The quantitative estimate of drug-likeness (QED) is 0.168. The Morgan fingerprint density at radius 1 is 0.383 bits per heavy atom. The number of hydrogen-bond donors (Lipinski definition) is 0. The summed E-state index contributed by atoms with van der Waals surface area (Å²) in [6, 6.07) is 77.7. The molecule has 1 aromatic heterocycles. The van der Waals surface area contributed by atoms with Gasteiger partial charge >= 0.3 is 0 Å². The molecule has 12 rings (SSSR count). The number of fused-ring (bicyclic) bond motifs is 9. The summed E-state index contributed by atoms with van der Waals surface area (Å²) in [4.78, 5) is 2.38. The fraction of sp³-hybridized carbons (Fsp3) is 0.0690. The summed E-state index contributed by atoms with van der Waals surface area (Å²) < 4.78 is 7.20. The fourth-order valence-corrected chi connectivity index (χ4v) is 10.6. The molecule has 2 aliphatic carbocycles. The van der Waals surface area contributed by atoms with E-state index < -0.39 is 5.41 Å². The Balaban J connectivity index is 1.07. The Bertz CT molecular complexity index is 3240. The average Bonchev–Trinajstić information content (AvgIpc) is 3.91. The van der Waals surface area contributed by atoms with Crippen molar-refractivity contribution in [1.82, 2.24) is 0 Å². The second-order valence-electron chi connectivity index (χ2n) is 16.8. The molecule has 0 unspecified atom stereocenters. The van der Waals surface area contributed by atoms with E-state index >= 15 is 0 Å². The first-order valence-corrected chi connectivity index (χ1v) is 20.9. The number of hydrogen-bond acceptors (Lipinski definition) is 2. The number of rotatable bonds is 6. The van der Waals surface area contributed by atoms with Gasteiger partial charge in [0.25, 0.3) is 0 Å². The van der Waals surface area contributed by atoms with Crippen LogP contribution in [0.25, 0.3) is 55.3 Å². The van der Waals surface area contributed by atoms with Crippen molar-refractivity contribution in [3.8, 4) is 33.4 Å². The molecule has 0 N–H and O–H groups in total. The molecule has 0 saturated carbocycles. The Hall–Kier alpha value is -7.42. The van der Waals surface area contributed by atoms with Gasteiger partial charge in [-0.15, -0.1) is 0 Å². The number of para-hydroxylation sites is 1. The van der Waals surface area contributed by atoms with E-state index in [1.54, 1.807) is 0 Å². The maximum Gasteiger partial charge on any atom is 0.159 e. The molecule has 0 fully saturated rings. The van der Waals surface area contributed by atoms with Crippen LogP contribution in [-0.4, -0.2) is 0 Å². The van der Waals surface area contributed by atoms with Crippen LogP contribution in [0.2, 0.25) is 0 Å². The molecular formula is C58H41NO. The summed E-state index contributed by atoms with van der Waals surface area (Å²) in [7, 11) is 0. The second-order valence-corrected chi connectivity index (χ2v) is 16.8. The number of nitrogens with zero attached hydrogens (tertiary/aromatic N) is 1. The van der Waals surface area contributed by atoms with Gasteiger partial charge in [0.05, 0.1) is 11.1 Å². The Morgan fingerprint density at radius 2 is 0.950 bits per heavy atom. The highest BCUT2D eigenvalue weighted by Crippen LogP contribution is 2.57. The lowest BCUT2D eigenvalue weighted by Crippen LogP contribution is -2.28. The van der Waals surface area contributed by atoms with Gasteiger partial charge in [0, 0.05) is 27.6 Å². The minimum absolute atomic E-state index is 0.140. The van der Waals surface area contributed by atoms with Gasteiger partial charge in [0.15, 0.2) is 5.58 Å². The third kappa shape index (κ3) is 4.88. The lowest BCUT2D eigenvalue weighted by Gasteiger charge is -2.33. The molecule has 0 amide bonds. The van der Waals surface area contributed by atoms with E-state index in [1.165, 1.54) is 66.8 Å². The zero-order chi connectivity index (χ0) is 40.0. The topological polar surface area (TPSA) is 16.4 Å². The highest BCUT2D eigenvalue weighted by Gasteiger charge is 2.46. The van der Waals surface area contributed by atoms with Crippen molar-refractivity contribution in [2.75, 3.05) is 4.90 Å². The molecule has 0 aliphatic heterocycles. The molecule has 0 bridgehead atoms. The van der Waals surface area contributed by atoms with Gasteiger partial charge in [-0.1, -0.05) is 190 Å². The lowest BCUT2D eigenvalue weighted by atomic mass is 9.67. The van der Waals surface area contributed by atoms with Gasteiger partial charge < -0.3 is 9.32 Å². The average molecular weight is 768 g/mol. The van der Waals surface area contributed by atoms with Gasteiger partial charge in [0.2, 0.25) is 0 Å². The van der Waals surface area contributed by atoms with Crippen LogP contribution < -0.4 is 4.90 Å². The monoisotopic (exact) mass is 767 g/mol. The lowest BCUT2D eigenvalue weighted by molar-refractivity contribution is 0.660. The van der Waals surface area contributed by atoms with E-state index in [-0.39, 0.29) is 5.41 Å². The maximum absolute atomic E-state index is 7.20. The Morgan fingerprint density at radius 3 is 1.65 bits per heavy atom. The normalized spacial score (nSPS) is 14.1. The zero-order valence-corrected chi connectivity index (χ0v) is 33.6. The number of furan rings is 1. The van der Waals surface area contributed by atoms with Crippen LogP contribution in [-0.2, 0) is 10.8 Å². The van der Waals surface area contributed by atoms with E-state index in [0.29, 0.717) is 0 Å². The first kappa shape index (κ1) is 34.6. The maximum atomic E-state index is 7.20. The van der Waals surface area contributed by atoms with E-state index in [0.717, 1.165) is 39.0 Å². The number of benzene rings is 9. The predicted molar refractivity (Wildman–Crippen MR) is 249 cm³/mol. The minimum atomic E-state index is -0.508. The third-order valence-corrected chi connectivity index (χ3v) is 13.4. The molecule has 60 heavy (non-hydrogen) atoms. The molecule has 9 aromatic carbocycles. The summed E-state index contributed by atoms with van der Waals surface area (Å²) in [5.41, 5.74) is 19.5. The van der Waals surface area contributed by atoms with E-state index in [9.17, 15) is 0 Å². The van der Waals surface area contributed by atoms with E-state index in [2.05, 4.69) is 231 Å². The molecule has 0 saturated heterocycles. The molecule has 0 spiro atoms. The largest absolute Gasteiger partial charge is 0.454 e. The predicted octanol–water partition coefficient (Wildman–Crippen LogP) is 15.4. The van der Waals surface area contributed by atoms with Crippen LogP contribution in [0.3, 0.4) is 0 Å². The van der Waals surface area contributed by atoms with E-state index in [4.69, 9.17) is 4.42 Å². The molecule has 2 heteroatoms. The van der Waals surface area contributed by atoms with Crippen molar-refractivity contribution in [3.05, 3.63) is 246 Å². The van der Waals surface area contributed by atoms with Gasteiger partial charge in [-0.25, -0.2) is 0 Å². The second kappa shape index (κ2) is 13.0. The summed E-state index contributed by atoms with van der Waals surface area (Å²) in [6.07, 6.45) is 0. The molecule has 2 aliphatic rings. The SMILES string of the molecule is CC1(C)c2ccccc2-c2ccc(N(c3ccc(-c4ccccc4)cc3)c3cccc4c3oc3cc(C5(c6ccccc6)c6ccccc6-c6ccccc65)ccc34)cc21. The zero-order valence-electron chi connectivity index (χ0n) is 33.6. The molecule has 284 valence electrons. The van der Waals surface area contributed by atoms with Crippen LogP contribution >= 0.6 is 0 Å². The Labute approximate surface area is 350 Å². The van der Waals surface area contributed by atoms with Crippen LogP contribution in [0, 0.1) is 0 Å². The van der Waals surface area contributed by atoms with Gasteiger partial charge in [-0.05, 0) is 103 Å². The first-order chi connectivity index (χ1) is 29.5.